The Morgan fingerprint density at radius 1 is 1.52 bits per heavy atom. The zero-order valence-corrected chi connectivity index (χ0v) is 12.5. The predicted molar refractivity (Wildman–Crippen MR) is 78.9 cm³/mol. The van der Waals surface area contributed by atoms with Gasteiger partial charge in [0.25, 0.3) is 10.7 Å². The van der Waals surface area contributed by atoms with Crippen molar-refractivity contribution in [2.75, 3.05) is 7.05 Å². The molecule has 0 unspecified atom stereocenters. The molecule has 0 fully saturated rings. The first-order valence-electron chi connectivity index (χ1n) is 6.33. The van der Waals surface area contributed by atoms with Gasteiger partial charge in [-0.25, -0.2) is 5.10 Å². The average molecular weight is 302 g/mol. The van der Waals surface area contributed by atoms with Crippen LogP contribution in [0.2, 0.25) is 0 Å². The van der Waals surface area contributed by atoms with Crippen LogP contribution < -0.4 is 0 Å². The van der Waals surface area contributed by atoms with Crippen LogP contribution in [-0.4, -0.2) is 34.1 Å². The van der Waals surface area contributed by atoms with Gasteiger partial charge in [0.05, 0.1) is 12.5 Å². The molecule has 1 heterocycles. The number of aromatic amines is 1. The van der Waals surface area contributed by atoms with E-state index in [1.165, 1.54) is 0 Å². The molecule has 2 rings (SSSR count). The van der Waals surface area contributed by atoms with E-state index in [9.17, 15) is 4.79 Å². The zero-order chi connectivity index (χ0) is 15.4. The van der Waals surface area contributed by atoms with Gasteiger partial charge in [-0.15, -0.1) is 5.10 Å². The van der Waals surface area contributed by atoms with Gasteiger partial charge in [0, 0.05) is 24.2 Å². The van der Waals surface area contributed by atoms with Gasteiger partial charge in [-0.05, 0) is 43.4 Å². The molecule has 1 N–H and O–H groups in total. The Kier molecular flexibility index (Phi) is 4.50. The highest BCUT2D eigenvalue weighted by molar-refractivity contribution is 7.71. The quantitative estimate of drug-likeness (QED) is 0.878. The summed E-state index contributed by atoms with van der Waals surface area (Å²) in [6, 6.07) is 8.80. The number of rotatable bonds is 4. The topological polar surface area (TPSA) is 85.9 Å². The standard InChI is InChI=1S/C14H14N4O2S/c1-9(7-8-15)18(2)13(19)11-5-3-10(4-6-11)12-16-17-14(21)20-12/h3-6,9H,7H2,1-2H3,(H,17,21)/t9-/m1/s1. The van der Waals surface area contributed by atoms with Crippen LogP contribution in [0.1, 0.15) is 23.7 Å². The second-order valence-electron chi connectivity index (χ2n) is 4.62. The minimum atomic E-state index is -0.133. The Hall–Kier alpha value is -2.46. The molecule has 0 saturated heterocycles. The highest BCUT2D eigenvalue weighted by atomic mass is 32.1. The fourth-order valence-electron chi connectivity index (χ4n) is 1.78. The van der Waals surface area contributed by atoms with Crippen LogP contribution in [0.3, 0.4) is 0 Å². The molecule has 21 heavy (non-hydrogen) atoms. The summed E-state index contributed by atoms with van der Waals surface area (Å²) in [5.41, 5.74) is 1.27. The summed E-state index contributed by atoms with van der Waals surface area (Å²) in [6.07, 6.45) is 0.300. The van der Waals surface area contributed by atoms with Crippen molar-refractivity contribution in [1.82, 2.24) is 15.1 Å². The van der Waals surface area contributed by atoms with Crippen LogP contribution in [0.15, 0.2) is 28.7 Å². The van der Waals surface area contributed by atoms with Crippen LogP contribution in [0.25, 0.3) is 11.5 Å². The Labute approximate surface area is 127 Å². The van der Waals surface area contributed by atoms with E-state index in [2.05, 4.69) is 16.3 Å². The summed E-state index contributed by atoms with van der Waals surface area (Å²) in [5, 5.41) is 15.2. The Bertz CT molecular complexity index is 726. The molecular weight excluding hydrogens is 288 g/mol. The second-order valence-corrected chi connectivity index (χ2v) is 4.99. The molecule has 0 aliphatic heterocycles. The molecule has 7 heteroatoms. The third-order valence-electron chi connectivity index (χ3n) is 3.19. The lowest BCUT2D eigenvalue weighted by molar-refractivity contribution is 0.0746. The fourth-order valence-corrected chi connectivity index (χ4v) is 1.91. The summed E-state index contributed by atoms with van der Waals surface area (Å²) in [7, 11) is 1.69. The largest absolute Gasteiger partial charge is 0.409 e. The van der Waals surface area contributed by atoms with E-state index in [4.69, 9.17) is 21.9 Å². The number of benzene rings is 1. The Morgan fingerprint density at radius 2 is 2.19 bits per heavy atom. The van der Waals surface area contributed by atoms with Crippen LogP contribution in [-0.2, 0) is 0 Å². The minimum absolute atomic E-state index is 0.132. The van der Waals surface area contributed by atoms with E-state index in [0.29, 0.717) is 17.9 Å². The van der Waals surface area contributed by atoms with Crippen LogP contribution >= 0.6 is 12.2 Å². The van der Waals surface area contributed by atoms with E-state index in [1.54, 1.807) is 36.2 Å². The highest BCUT2D eigenvalue weighted by Crippen LogP contribution is 2.18. The molecular formula is C14H14N4O2S. The molecule has 108 valence electrons. The van der Waals surface area contributed by atoms with Crippen molar-refractivity contribution in [2.45, 2.75) is 19.4 Å². The molecule has 6 nitrogen and oxygen atoms in total. The van der Waals surface area contributed by atoms with Gasteiger partial charge < -0.3 is 9.32 Å². The van der Waals surface area contributed by atoms with Crippen molar-refractivity contribution < 1.29 is 9.21 Å². The van der Waals surface area contributed by atoms with Crippen molar-refractivity contribution in [2.24, 2.45) is 0 Å². The molecule has 0 spiro atoms. The van der Waals surface area contributed by atoms with Crippen molar-refractivity contribution in [3.8, 4) is 17.5 Å². The number of H-pyrrole nitrogens is 1. The number of nitriles is 1. The maximum Gasteiger partial charge on any atom is 0.284 e. The van der Waals surface area contributed by atoms with Gasteiger partial charge in [0.1, 0.15) is 0 Å². The summed E-state index contributed by atoms with van der Waals surface area (Å²) < 4.78 is 5.20. The van der Waals surface area contributed by atoms with Gasteiger partial charge >= 0.3 is 0 Å². The lowest BCUT2D eigenvalue weighted by atomic mass is 10.1. The molecule has 2 aromatic rings. The third-order valence-corrected chi connectivity index (χ3v) is 3.36. The van der Waals surface area contributed by atoms with Gasteiger partial charge in [0.15, 0.2) is 0 Å². The van der Waals surface area contributed by atoms with E-state index >= 15 is 0 Å². The molecule has 1 aromatic heterocycles. The van der Waals surface area contributed by atoms with Crippen LogP contribution in [0.4, 0.5) is 0 Å². The summed E-state index contributed by atoms with van der Waals surface area (Å²) in [6.45, 7) is 1.84. The first-order chi connectivity index (χ1) is 10.0. The normalized spacial score (nSPS) is 11.7. The van der Waals surface area contributed by atoms with E-state index in [1.807, 2.05) is 6.92 Å². The molecule has 1 atom stereocenters. The van der Waals surface area contributed by atoms with E-state index in [0.717, 1.165) is 5.56 Å². The number of carbonyl (C=O) groups is 1. The Morgan fingerprint density at radius 3 is 2.71 bits per heavy atom. The summed E-state index contributed by atoms with van der Waals surface area (Å²) in [5.74, 6) is 0.248. The molecule has 0 bridgehead atoms. The van der Waals surface area contributed by atoms with Crippen molar-refractivity contribution in [1.29, 1.82) is 5.26 Å². The number of nitrogens with zero attached hydrogens (tertiary/aromatic N) is 3. The van der Waals surface area contributed by atoms with Crippen molar-refractivity contribution in [3.05, 3.63) is 34.7 Å². The third kappa shape index (κ3) is 3.35. The van der Waals surface area contributed by atoms with E-state index in [-0.39, 0.29) is 16.8 Å². The van der Waals surface area contributed by atoms with Crippen molar-refractivity contribution in [3.63, 3.8) is 0 Å². The lowest BCUT2D eigenvalue weighted by Gasteiger charge is -2.22. The van der Waals surface area contributed by atoms with E-state index < -0.39 is 0 Å². The van der Waals surface area contributed by atoms with Crippen molar-refractivity contribution >= 4 is 18.1 Å². The maximum absolute atomic E-state index is 12.3. The number of amides is 1. The number of carbonyl (C=O) groups excluding carboxylic acids is 1. The smallest absolute Gasteiger partial charge is 0.284 e. The lowest BCUT2D eigenvalue weighted by Crippen LogP contribution is -2.34. The zero-order valence-electron chi connectivity index (χ0n) is 11.7. The molecule has 0 radical (unpaired) electrons. The molecule has 1 amide bonds. The molecule has 1 aromatic carbocycles. The number of aromatic nitrogens is 2. The monoisotopic (exact) mass is 302 g/mol. The molecule has 0 aliphatic rings. The minimum Gasteiger partial charge on any atom is -0.409 e. The highest BCUT2D eigenvalue weighted by Gasteiger charge is 2.17. The second kappa shape index (κ2) is 6.33. The first-order valence-corrected chi connectivity index (χ1v) is 6.74. The number of nitrogens with one attached hydrogen (secondary N) is 1. The van der Waals surface area contributed by atoms with Gasteiger partial charge in [-0.2, -0.15) is 5.26 Å². The van der Waals surface area contributed by atoms with Gasteiger partial charge in [0.2, 0.25) is 5.89 Å². The SMILES string of the molecule is C[C@H](CC#N)N(C)C(=O)c1ccc(-c2n[nH]c(=S)o2)cc1. The summed E-state index contributed by atoms with van der Waals surface area (Å²) in [4.78, 5) is 14.0. The van der Waals surface area contributed by atoms with Gasteiger partial charge in [-0.1, -0.05) is 0 Å². The van der Waals surface area contributed by atoms with Crippen LogP contribution in [0, 0.1) is 16.2 Å². The number of hydrogen-bond acceptors (Lipinski definition) is 5. The number of hydrogen-bond donors (Lipinski definition) is 1. The predicted octanol–water partition coefficient (Wildman–Crippen LogP) is 2.77. The van der Waals surface area contributed by atoms with Crippen LogP contribution in [0.5, 0.6) is 0 Å². The Balaban J connectivity index is 2.17. The molecule has 0 aliphatic carbocycles. The maximum atomic E-state index is 12.3. The van der Waals surface area contributed by atoms with Gasteiger partial charge in [-0.3, -0.25) is 4.79 Å². The average Bonchev–Trinajstić information content (AvgIpc) is 2.92. The summed E-state index contributed by atoms with van der Waals surface area (Å²) >= 11 is 4.82. The first kappa shape index (κ1) is 14.9. The molecule has 0 saturated carbocycles. The fraction of sp³-hybridized carbons (Fsp3) is 0.286.